The lowest BCUT2D eigenvalue weighted by molar-refractivity contribution is -0.383. The van der Waals surface area contributed by atoms with Crippen LogP contribution in [0.15, 0.2) is 30.6 Å². The Hall–Kier alpha value is -2.81. The van der Waals surface area contributed by atoms with E-state index in [9.17, 15) is 10.1 Å². The Kier molecular flexibility index (Phi) is 4.14. The van der Waals surface area contributed by atoms with Crippen LogP contribution in [0.5, 0.6) is 0 Å². The summed E-state index contributed by atoms with van der Waals surface area (Å²) in [5, 5.41) is 18.3. The van der Waals surface area contributed by atoms with Gasteiger partial charge in [-0.3, -0.25) is 10.1 Å². The summed E-state index contributed by atoms with van der Waals surface area (Å²) >= 11 is 1.43. The zero-order chi connectivity index (χ0) is 17.2. The fourth-order valence-corrected chi connectivity index (χ4v) is 3.90. The standard InChI is InChI=1S/C16H16N6O2S/c23-22(24)13-14(19-10-5-1-2-6-10)17-9-18-15(13)21-16-20-11-7-3-4-8-12(11)25-16/h3-4,7-10H,1-2,5-6H2,(H2,17,18,19,20,21). The first-order valence-electron chi connectivity index (χ1n) is 8.09. The first kappa shape index (κ1) is 15.7. The summed E-state index contributed by atoms with van der Waals surface area (Å²) in [6, 6.07) is 7.92. The van der Waals surface area contributed by atoms with Gasteiger partial charge in [0, 0.05) is 6.04 Å². The molecule has 4 rings (SSSR count). The monoisotopic (exact) mass is 356 g/mol. The van der Waals surface area contributed by atoms with Crippen molar-refractivity contribution in [1.82, 2.24) is 15.0 Å². The molecule has 9 heteroatoms. The number of fused-ring (bicyclic) bond motifs is 1. The highest BCUT2D eigenvalue weighted by molar-refractivity contribution is 7.22. The largest absolute Gasteiger partial charge is 0.361 e. The van der Waals surface area contributed by atoms with Crippen molar-refractivity contribution in [1.29, 1.82) is 0 Å². The molecule has 1 fully saturated rings. The van der Waals surface area contributed by atoms with Gasteiger partial charge in [-0.25, -0.2) is 15.0 Å². The molecule has 1 aliphatic rings. The van der Waals surface area contributed by atoms with Crippen LogP contribution in [0.3, 0.4) is 0 Å². The highest BCUT2D eigenvalue weighted by Crippen LogP contribution is 2.35. The van der Waals surface area contributed by atoms with Gasteiger partial charge >= 0.3 is 5.69 Å². The number of benzene rings is 1. The second-order valence-corrected chi connectivity index (χ2v) is 6.94. The van der Waals surface area contributed by atoms with Gasteiger partial charge in [0.1, 0.15) is 6.33 Å². The van der Waals surface area contributed by atoms with Crippen LogP contribution in [0.25, 0.3) is 10.2 Å². The fraction of sp³-hybridized carbons (Fsp3) is 0.312. The molecule has 1 saturated carbocycles. The molecule has 2 N–H and O–H groups in total. The highest BCUT2D eigenvalue weighted by Gasteiger charge is 2.26. The predicted octanol–water partition coefficient (Wildman–Crippen LogP) is 4.09. The summed E-state index contributed by atoms with van der Waals surface area (Å²) in [4.78, 5) is 23.8. The van der Waals surface area contributed by atoms with Crippen LogP contribution in [0, 0.1) is 10.1 Å². The molecule has 0 radical (unpaired) electrons. The van der Waals surface area contributed by atoms with Crippen molar-refractivity contribution in [2.45, 2.75) is 31.7 Å². The molecule has 2 aromatic heterocycles. The van der Waals surface area contributed by atoms with Crippen molar-refractivity contribution >= 4 is 44.0 Å². The van der Waals surface area contributed by atoms with Crippen LogP contribution in [0.1, 0.15) is 25.7 Å². The number of nitrogens with zero attached hydrogens (tertiary/aromatic N) is 4. The molecule has 2 heterocycles. The van der Waals surface area contributed by atoms with Gasteiger partial charge in [-0.2, -0.15) is 0 Å². The number of nitro groups is 1. The molecule has 128 valence electrons. The minimum Gasteiger partial charge on any atom is -0.361 e. The second kappa shape index (κ2) is 6.60. The van der Waals surface area contributed by atoms with Crippen molar-refractivity contribution < 1.29 is 4.92 Å². The van der Waals surface area contributed by atoms with E-state index in [1.54, 1.807) is 0 Å². The average molecular weight is 356 g/mol. The van der Waals surface area contributed by atoms with Gasteiger partial charge in [-0.1, -0.05) is 36.3 Å². The van der Waals surface area contributed by atoms with Crippen LogP contribution in [0.2, 0.25) is 0 Å². The van der Waals surface area contributed by atoms with E-state index in [1.807, 2.05) is 24.3 Å². The van der Waals surface area contributed by atoms with Crippen molar-refractivity contribution in [3.05, 3.63) is 40.7 Å². The van der Waals surface area contributed by atoms with Gasteiger partial charge in [-0.05, 0) is 25.0 Å². The molecule has 0 saturated heterocycles. The Morgan fingerprint density at radius 2 is 1.92 bits per heavy atom. The Morgan fingerprint density at radius 1 is 1.16 bits per heavy atom. The SMILES string of the molecule is O=[N+]([O-])c1c(Nc2nc3ccccc3s2)ncnc1NC1CCCC1. The maximum absolute atomic E-state index is 11.6. The van der Waals surface area contributed by atoms with Gasteiger partial charge < -0.3 is 10.6 Å². The number of hydrogen-bond donors (Lipinski definition) is 2. The lowest BCUT2D eigenvalue weighted by Crippen LogP contribution is -2.17. The summed E-state index contributed by atoms with van der Waals surface area (Å²) < 4.78 is 1.01. The van der Waals surface area contributed by atoms with Crippen molar-refractivity contribution in [3.8, 4) is 0 Å². The molecule has 3 aromatic rings. The Morgan fingerprint density at radius 3 is 2.68 bits per heavy atom. The summed E-state index contributed by atoms with van der Waals surface area (Å²) in [5.74, 6) is 0.412. The number of hydrogen-bond acceptors (Lipinski definition) is 8. The number of nitrogens with one attached hydrogen (secondary N) is 2. The smallest absolute Gasteiger partial charge is 0.353 e. The lowest BCUT2D eigenvalue weighted by Gasteiger charge is -2.13. The third kappa shape index (κ3) is 3.22. The molecule has 0 aliphatic heterocycles. The number of thiazole rings is 1. The quantitative estimate of drug-likeness (QED) is 0.524. The van der Waals surface area contributed by atoms with Crippen LogP contribution in [-0.4, -0.2) is 25.9 Å². The third-order valence-electron chi connectivity index (χ3n) is 4.22. The van der Waals surface area contributed by atoms with Gasteiger partial charge in [0.05, 0.1) is 15.1 Å². The highest BCUT2D eigenvalue weighted by atomic mass is 32.1. The summed E-state index contributed by atoms with van der Waals surface area (Å²) in [7, 11) is 0. The molecule has 0 unspecified atom stereocenters. The maximum Gasteiger partial charge on any atom is 0.353 e. The molecule has 0 atom stereocenters. The molecule has 8 nitrogen and oxygen atoms in total. The van der Waals surface area contributed by atoms with Crippen LogP contribution >= 0.6 is 11.3 Å². The van der Waals surface area contributed by atoms with Gasteiger partial charge in [0.15, 0.2) is 5.13 Å². The predicted molar refractivity (Wildman–Crippen MR) is 97.5 cm³/mol. The van der Waals surface area contributed by atoms with Crippen molar-refractivity contribution in [3.63, 3.8) is 0 Å². The van der Waals surface area contributed by atoms with Crippen LogP contribution in [0.4, 0.5) is 22.5 Å². The molecule has 0 spiro atoms. The van der Waals surface area contributed by atoms with Gasteiger partial charge in [0.25, 0.3) is 0 Å². The number of anilines is 3. The average Bonchev–Trinajstić information content (AvgIpc) is 3.23. The van der Waals surface area contributed by atoms with Gasteiger partial charge in [0.2, 0.25) is 11.6 Å². The lowest BCUT2D eigenvalue weighted by atomic mass is 10.2. The normalized spacial score (nSPS) is 14.7. The molecule has 0 bridgehead atoms. The van der Waals surface area contributed by atoms with E-state index in [-0.39, 0.29) is 23.4 Å². The first-order chi connectivity index (χ1) is 12.2. The van der Waals surface area contributed by atoms with Crippen LogP contribution in [-0.2, 0) is 0 Å². The van der Waals surface area contributed by atoms with Gasteiger partial charge in [-0.15, -0.1) is 0 Å². The third-order valence-corrected chi connectivity index (χ3v) is 5.17. The Balaban J connectivity index is 1.66. The topological polar surface area (TPSA) is 106 Å². The minimum absolute atomic E-state index is 0.145. The van der Waals surface area contributed by atoms with E-state index in [4.69, 9.17) is 0 Å². The second-order valence-electron chi connectivity index (χ2n) is 5.91. The van der Waals surface area contributed by atoms with Crippen molar-refractivity contribution in [2.24, 2.45) is 0 Å². The van der Waals surface area contributed by atoms with E-state index in [2.05, 4.69) is 25.6 Å². The summed E-state index contributed by atoms with van der Waals surface area (Å²) in [6.07, 6.45) is 5.60. The summed E-state index contributed by atoms with van der Waals surface area (Å²) in [5.41, 5.74) is 0.699. The molecule has 0 amide bonds. The first-order valence-corrected chi connectivity index (χ1v) is 8.91. The van der Waals surface area contributed by atoms with Crippen LogP contribution < -0.4 is 10.6 Å². The number of rotatable bonds is 5. The number of aromatic nitrogens is 3. The Labute approximate surface area is 147 Å². The fourth-order valence-electron chi connectivity index (χ4n) is 3.04. The molecule has 25 heavy (non-hydrogen) atoms. The zero-order valence-corrected chi connectivity index (χ0v) is 14.1. The number of para-hydroxylation sites is 1. The minimum atomic E-state index is -0.451. The molecule has 1 aliphatic carbocycles. The molecular weight excluding hydrogens is 340 g/mol. The molecular formula is C16H16N6O2S. The summed E-state index contributed by atoms with van der Waals surface area (Å²) in [6.45, 7) is 0. The van der Waals surface area contributed by atoms with E-state index >= 15 is 0 Å². The molecule has 1 aromatic carbocycles. The van der Waals surface area contributed by atoms with E-state index in [0.29, 0.717) is 5.13 Å². The van der Waals surface area contributed by atoms with Crippen molar-refractivity contribution in [2.75, 3.05) is 10.6 Å². The zero-order valence-electron chi connectivity index (χ0n) is 13.3. The van der Waals surface area contributed by atoms with E-state index in [0.717, 1.165) is 35.9 Å². The maximum atomic E-state index is 11.6. The van der Waals surface area contributed by atoms with E-state index < -0.39 is 4.92 Å². The van der Waals surface area contributed by atoms with E-state index in [1.165, 1.54) is 17.7 Å². The Bertz CT molecular complexity index is 889.